The van der Waals surface area contributed by atoms with Gasteiger partial charge in [-0.3, -0.25) is 0 Å². The minimum atomic E-state index is 0.366. The van der Waals surface area contributed by atoms with E-state index in [1.165, 1.54) is 5.56 Å². The van der Waals surface area contributed by atoms with Gasteiger partial charge in [0.2, 0.25) is 0 Å². The van der Waals surface area contributed by atoms with E-state index in [9.17, 15) is 0 Å². The van der Waals surface area contributed by atoms with E-state index in [0.717, 1.165) is 31.7 Å². The number of nitrogens with one attached hydrogen (secondary N) is 1. The van der Waals surface area contributed by atoms with Crippen molar-refractivity contribution in [3.63, 3.8) is 0 Å². The summed E-state index contributed by atoms with van der Waals surface area (Å²) in [5, 5.41) is 5.74. The second kappa shape index (κ2) is 7.62. The third kappa shape index (κ3) is 4.20. The summed E-state index contributed by atoms with van der Waals surface area (Å²) in [5.41, 5.74) is 1.31. The predicted octanol–water partition coefficient (Wildman–Crippen LogP) is 2.76. The van der Waals surface area contributed by atoms with Crippen LogP contribution in [0.2, 0.25) is 0 Å². The molecule has 1 fully saturated rings. The minimum absolute atomic E-state index is 0.366. The monoisotopic (exact) mass is 278 g/mol. The van der Waals surface area contributed by atoms with Crippen LogP contribution in [0, 0.1) is 0 Å². The molecule has 1 saturated heterocycles. The molecule has 4 heteroatoms. The van der Waals surface area contributed by atoms with Gasteiger partial charge in [0.05, 0.1) is 13.7 Å². The molecule has 20 heavy (non-hydrogen) atoms. The van der Waals surface area contributed by atoms with E-state index in [1.54, 1.807) is 7.11 Å². The Bertz CT molecular complexity index is 386. The standard InChI is InChI=1S/C16H26N2O2/c1-4-20-16-7-5-14(6-8-16)13(2)17-15-9-11-18(19-3)12-10-15/h5-8,13,15,17H,4,9-12H2,1-3H3/t13-/m0/s1. The van der Waals surface area contributed by atoms with E-state index in [4.69, 9.17) is 9.57 Å². The van der Waals surface area contributed by atoms with Crippen LogP contribution >= 0.6 is 0 Å². The Labute approximate surface area is 122 Å². The molecule has 0 aliphatic carbocycles. The van der Waals surface area contributed by atoms with Crippen LogP contribution in [0.1, 0.15) is 38.3 Å². The van der Waals surface area contributed by atoms with E-state index >= 15 is 0 Å². The summed E-state index contributed by atoms with van der Waals surface area (Å²) in [4.78, 5) is 5.26. The van der Waals surface area contributed by atoms with Crippen LogP contribution in [0.5, 0.6) is 5.75 Å². The van der Waals surface area contributed by atoms with Gasteiger partial charge in [0.1, 0.15) is 5.75 Å². The van der Waals surface area contributed by atoms with Crippen LogP contribution in [0.15, 0.2) is 24.3 Å². The number of rotatable bonds is 6. The number of piperidine rings is 1. The molecular formula is C16H26N2O2. The van der Waals surface area contributed by atoms with Gasteiger partial charge in [0.15, 0.2) is 0 Å². The molecule has 2 rings (SSSR count). The van der Waals surface area contributed by atoms with Crippen LogP contribution < -0.4 is 10.1 Å². The molecule has 1 N–H and O–H groups in total. The Morgan fingerprint density at radius 1 is 1.25 bits per heavy atom. The highest BCUT2D eigenvalue weighted by atomic mass is 16.7. The molecule has 0 bridgehead atoms. The first kappa shape index (κ1) is 15.3. The van der Waals surface area contributed by atoms with E-state index in [1.807, 2.05) is 24.1 Å². The van der Waals surface area contributed by atoms with Gasteiger partial charge >= 0.3 is 0 Å². The van der Waals surface area contributed by atoms with Gasteiger partial charge in [-0.2, -0.15) is 5.06 Å². The van der Waals surface area contributed by atoms with Crippen LogP contribution in [-0.4, -0.2) is 37.9 Å². The average molecular weight is 278 g/mol. The SMILES string of the molecule is CCOc1ccc([C@H](C)NC2CCN(OC)CC2)cc1. The van der Waals surface area contributed by atoms with Gasteiger partial charge in [-0.15, -0.1) is 0 Å². The molecule has 112 valence electrons. The Balaban J connectivity index is 1.83. The molecule has 1 aromatic carbocycles. The lowest BCUT2D eigenvalue weighted by Crippen LogP contribution is -2.42. The topological polar surface area (TPSA) is 33.7 Å². The van der Waals surface area contributed by atoms with E-state index in [-0.39, 0.29) is 0 Å². The third-order valence-corrected chi connectivity index (χ3v) is 3.89. The number of benzene rings is 1. The average Bonchev–Trinajstić information content (AvgIpc) is 2.49. The Kier molecular flexibility index (Phi) is 5.83. The van der Waals surface area contributed by atoms with Crippen molar-refractivity contribution in [2.45, 2.75) is 38.8 Å². The molecule has 0 radical (unpaired) electrons. The summed E-state index contributed by atoms with van der Waals surface area (Å²) in [6.45, 7) is 6.95. The second-order valence-corrected chi connectivity index (χ2v) is 5.28. The second-order valence-electron chi connectivity index (χ2n) is 5.28. The molecule has 4 nitrogen and oxygen atoms in total. The zero-order valence-electron chi connectivity index (χ0n) is 12.8. The van der Waals surface area contributed by atoms with Gasteiger partial charge in [-0.1, -0.05) is 12.1 Å². The molecule has 0 saturated carbocycles. The smallest absolute Gasteiger partial charge is 0.119 e. The first-order chi connectivity index (χ1) is 9.72. The maximum Gasteiger partial charge on any atom is 0.119 e. The van der Waals surface area contributed by atoms with Crippen LogP contribution in [0.4, 0.5) is 0 Å². The molecule has 1 atom stereocenters. The van der Waals surface area contributed by atoms with Gasteiger partial charge in [-0.05, 0) is 44.4 Å². The van der Waals surface area contributed by atoms with E-state index < -0.39 is 0 Å². The summed E-state index contributed by atoms with van der Waals surface area (Å²) >= 11 is 0. The van der Waals surface area contributed by atoms with Crippen molar-refractivity contribution < 1.29 is 9.57 Å². The normalized spacial score (nSPS) is 18.9. The van der Waals surface area contributed by atoms with Crippen molar-refractivity contribution in [2.24, 2.45) is 0 Å². The first-order valence-corrected chi connectivity index (χ1v) is 7.50. The lowest BCUT2D eigenvalue weighted by Gasteiger charge is -2.32. The zero-order valence-corrected chi connectivity index (χ0v) is 12.8. The summed E-state index contributed by atoms with van der Waals surface area (Å²) in [6.07, 6.45) is 2.27. The van der Waals surface area contributed by atoms with E-state index in [2.05, 4.69) is 24.4 Å². The van der Waals surface area contributed by atoms with Gasteiger partial charge in [0.25, 0.3) is 0 Å². The van der Waals surface area contributed by atoms with Gasteiger partial charge in [-0.25, -0.2) is 0 Å². The summed E-state index contributed by atoms with van der Waals surface area (Å²) < 4.78 is 5.47. The fraction of sp³-hybridized carbons (Fsp3) is 0.625. The van der Waals surface area contributed by atoms with Crippen molar-refractivity contribution in [1.82, 2.24) is 10.4 Å². The number of hydrogen-bond donors (Lipinski definition) is 1. The molecule has 0 unspecified atom stereocenters. The maximum atomic E-state index is 5.47. The first-order valence-electron chi connectivity index (χ1n) is 7.50. The number of nitrogens with zero attached hydrogens (tertiary/aromatic N) is 1. The summed E-state index contributed by atoms with van der Waals surface area (Å²) in [6, 6.07) is 9.32. The lowest BCUT2D eigenvalue weighted by molar-refractivity contribution is -0.144. The highest BCUT2D eigenvalue weighted by Gasteiger charge is 2.20. The molecule has 0 spiro atoms. The molecule has 1 heterocycles. The summed E-state index contributed by atoms with van der Waals surface area (Å²) in [5.74, 6) is 0.942. The third-order valence-electron chi connectivity index (χ3n) is 3.89. The summed E-state index contributed by atoms with van der Waals surface area (Å²) in [7, 11) is 1.75. The fourth-order valence-corrected chi connectivity index (χ4v) is 2.67. The van der Waals surface area contributed by atoms with E-state index in [0.29, 0.717) is 18.7 Å². The molecule has 1 aromatic rings. The van der Waals surface area contributed by atoms with Crippen molar-refractivity contribution in [3.05, 3.63) is 29.8 Å². The molecule has 1 aliphatic rings. The van der Waals surface area contributed by atoms with Gasteiger partial charge in [0, 0.05) is 25.2 Å². The Hall–Kier alpha value is -1.10. The molecule has 0 aromatic heterocycles. The molecule has 0 amide bonds. The predicted molar refractivity (Wildman–Crippen MR) is 80.8 cm³/mol. The number of hydroxylamine groups is 2. The van der Waals surface area contributed by atoms with Crippen molar-refractivity contribution in [2.75, 3.05) is 26.8 Å². The van der Waals surface area contributed by atoms with Crippen molar-refractivity contribution >= 4 is 0 Å². The Morgan fingerprint density at radius 2 is 1.90 bits per heavy atom. The molecular weight excluding hydrogens is 252 g/mol. The zero-order chi connectivity index (χ0) is 14.4. The van der Waals surface area contributed by atoms with Crippen molar-refractivity contribution in [3.8, 4) is 5.75 Å². The van der Waals surface area contributed by atoms with Gasteiger partial charge < -0.3 is 14.9 Å². The van der Waals surface area contributed by atoms with Crippen LogP contribution in [-0.2, 0) is 4.84 Å². The number of hydrogen-bond acceptors (Lipinski definition) is 4. The van der Waals surface area contributed by atoms with Crippen molar-refractivity contribution in [1.29, 1.82) is 0 Å². The fourth-order valence-electron chi connectivity index (χ4n) is 2.67. The highest BCUT2D eigenvalue weighted by molar-refractivity contribution is 5.29. The maximum absolute atomic E-state index is 5.47. The Morgan fingerprint density at radius 3 is 2.45 bits per heavy atom. The largest absolute Gasteiger partial charge is 0.494 e. The van der Waals surface area contributed by atoms with Crippen LogP contribution in [0.3, 0.4) is 0 Å². The molecule has 1 aliphatic heterocycles. The highest BCUT2D eigenvalue weighted by Crippen LogP contribution is 2.20. The van der Waals surface area contributed by atoms with Crippen LogP contribution in [0.25, 0.3) is 0 Å². The quantitative estimate of drug-likeness (QED) is 0.867. The minimum Gasteiger partial charge on any atom is -0.494 e. The number of ether oxygens (including phenoxy) is 1. The lowest BCUT2D eigenvalue weighted by atomic mass is 10.0.